The third kappa shape index (κ3) is 5.92. The van der Waals surface area contributed by atoms with Crippen LogP contribution >= 0.6 is 23.2 Å². The van der Waals surface area contributed by atoms with Crippen molar-refractivity contribution in [1.82, 2.24) is 10.6 Å². The Morgan fingerprint density at radius 1 is 1.16 bits per heavy atom. The molecular formula is C23H26Cl2N2O5. The van der Waals surface area contributed by atoms with Gasteiger partial charge in [-0.25, -0.2) is 4.79 Å². The quantitative estimate of drug-likeness (QED) is 0.467. The highest BCUT2D eigenvalue weighted by Crippen LogP contribution is 2.27. The lowest BCUT2D eigenvalue weighted by Gasteiger charge is -2.37. The van der Waals surface area contributed by atoms with Gasteiger partial charge in [-0.2, -0.15) is 0 Å². The van der Waals surface area contributed by atoms with Gasteiger partial charge < -0.3 is 19.9 Å². The van der Waals surface area contributed by atoms with E-state index >= 15 is 0 Å². The zero-order valence-corrected chi connectivity index (χ0v) is 19.2. The average Bonchev–Trinajstić information content (AvgIpc) is 2.79. The maximum Gasteiger partial charge on any atom is 0.336 e. The van der Waals surface area contributed by atoms with Gasteiger partial charge in [0.2, 0.25) is 5.91 Å². The molecule has 0 aliphatic carbocycles. The molecule has 0 unspecified atom stereocenters. The number of carboxylic acids is 1. The number of aromatic carboxylic acids is 1. The number of carboxylic acid groups (broad SMARTS) is 1. The molecule has 9 heteroatoms. The Balaban J connectivity index is 1.63. The van der Waals surface area contributed by atoms with Gasteiger partial charge in [0, 0.05) is 25.8 Å². The molecule has 0 spiro atoms. The van der Waals surface area contributed by atoms with Crippen LogP contribution < -0.4 is 15.4 Å². The summed E-state index contributed by atoms with van der Waals surface area (Å²) in [4.78, 5) is 24.8. The summed E-state index contributed by atoms with van der Waals surface area (Å²) in [5.41, 5.74) is -0.103. The Kier molecular flexibility index (Phi) is 8.37. The van der Waals surface area contributed by atoms with Crippen LogP contribution in [0.15, 0.2) is 42.5 Å². The van der Waals surface area contributed by atoms with Gasteiger partial charge in [0.25, 0.3) is 0 Å². The molecule has 32 heavy (non-hydrogen) atoms. The Morgan fingerprint density at radius 2 is 1.88 bits per heavy atom. The number of carbonyl (C=O) groups is 2. The monoisotopic (exact) mass is 480 g/mol. The lowest BCUT2D eigenvalue weighted by Crippen LogP contribution is -2.60. The van der Waals surface area contributed by atoms with Gasteiger partial charge in [-0.05, 0) is 43.5 Å². The highest BCUT2D eigenvalue weighted by atomic mass is 35.5. The number of rotatable bonds is 9. The molecule has 1 amide bonds. The highest BCUT2D eigenvalue weighted by Gasteiger charge is 2.40. The Morgan fingerprint density at radius 3 is 2.56 bits per heavy atom. The van der Waals surface area contributed by atoms with Crippen LogP contribution in [0.4, 0.5) is 0 Å². The van der Waals surface area contributed by atoms with E-state index in [0.29, 0.717) is 60.6 Å². The summed E-state index contributed by atoms with van der Waals surface area (Å²) in [6.45, 7) is 3.43. The topological polar surface area (TPSA) is 96.9 Å². The van der Waals surface area contributed by atoms with Crippen LogP contribution in [0.25, 0.3) is 0 Å². The van der Waals surface area contributed by atoms with E-state index in [1.807, 2.05) is 0 Å². The number of nitrogens with one attached hydrogen (secondary N) is 2. The molecule has 0 bridgehead atoms. The van der Waals surface area contributed by atoms with E-state index in [2.05, 4.69) is 10.6 Å². The van der Waals surface area contributed by atoms with Gasteiger partial charge in [0.1, 0.15) is 17.9 Å². The summed E-state index contributed by atoms with van der Waals surface area (Å²) in [5.74, 6) is -0.631. The predicted molar refractivity (Wildman–Crippen MR) is 123 cm³/mol. The van der Waals surface area contributed by atoms with Gasteiger partial charge in [0.15, 0.2) is 0 Å². The molecule has 3 N–H and O–H groups in total. The first-order valence-corrected chi connectivity index (χ1v) is 11.1. The van der Waals surface area contributed by atoms with Crippen molar-refractivity contribution in [2.45, 2.75) is 31.3 Å². The fourth-order valence-electron chi connectivity index (χ4n) is 3.71. The van der Waals surface area contributed by atoms with E-state index in [4.69, 9.17) is 32.7 Å². The van der Waals surface area contributed by atoms with Crippen LogP contribution in [0.5, 0.6) is 5.75 Å². The van der Waals surface area contributed by atoms with Crippen LogP contribution in [0.2, 0.25) is 10.0 Å². The minimum absolute atomic E-state index is 0.171. The lowest BCUT2D eigenvalue weighted by molar-refractivity contribution is -0.132. The van der Waals surface area contributed by atoms with Gasteiger partial charge in [-0.3, -0.25) is 10.1 Å². The van der Waals surface area contributed by atoms with E-state index in [1.165, 1.54) is 6.07 Å². The molecular weight excluding hydrogens is 455 g/mol. The lowest BCUT2D eigenvalue weighted by atomic mass is 9.88. The summed E-state index contributed by atoms with van der Waals surface area (Å²) in [5, 5.41) is 16.6. The summed E-state index contributed by atoms with van der Waals surface area (Å²) in [6.07, 6.45) is 0.998. The summed E-state index contributed by atoms with van der Waals surface area (Å²) in [7, 11) is 0. The average molecular weight is 481 g/mol. The van der Waals surface area contributed by atoms with Crippen molar-refractivity contribution in [3.05, 3.63) is 63.6 Å². The fourth-order valence-corrected chi connectivity index (χ4v) is 4.00. The van der Waals surface area contributed by atoms with Crippen molar-refractivity contribution in [2.75, 3.05) is 26.4 Å². The van der Waals surface area contributed by atoms with E-state index < -0.39 is 17.6 Å². The maximum absolute atomic E-state index is 13.3. The second-order valence-electron chi connectivity index (χ2n) is 7.63. The standard InChI is InChI=1S/C23H26Cl2N2O5/c1-15(17-4-2-3-5-18(17)21(28)29)27-22(30)23(8-11-31-12-9-23)26-10-13-32-16-6-7-19(24)20(25)14-16/h2-7,14-15,26H,8-13H2,1H3,(H,27,30)(H,28,29)/t15-/m0/s1. The zero-order chi connectivity index (χ0) is 23.1. The summed E-state index contributed by atoms with van der Waals surface area (Å²) < 4.78 is 11.2. The van der Waals surface area contributed by atoms with Crippen LogP contribution in [0.3, 0.4) is 0 Å². The minimum Gasteiger partial charge on any atom is -0.492 e. The molecule has 0 aromatic heterocycles. The van der Waals surface area contributed by atoms with Crippen molar-refractivity contribution < 1.29 is 24.2 Å². The number of carbonyl (C=O) groups excluding carboxylic acids is 1. The van der Waals surface area contributed by atoms with Gasteiger partial charge in [0.05, 0.1) is 21.7 Å². The summed E-state index contributed by atoms with van der Waals surface area (Å²) >= 11 is 11.9. The van der Waals surface area contributed by atoms with Crippen molar-refractivity contribution in [1.29, 1.82) is 0 Å². The van der Waals surface area contributed by atoms with Crippen LogP contribution in [-0.4, -0.2) is 48.9 Å². The maximum atomic E-state index is 13.3. The van der Waals surface area contributed by atoms with Crippen molar-refractivity contribution in [2.24, 2.45) is 0 Å². The second kappa shape index (κ2) is 11.0. The van der Waals surface area contributed by atoms with Gasteiger partial charge in [-0.1, -0.05) is 41.4 Å². The van der Waals surface area contributed by atoms with E-state index in [1.54, 1.807) is 43.3 Å². The van der Waals surface area contributed by atoms with Crippen molar-refractivity contribution in [3.8, 4) is 5.75 Å². The first-order valence-electron chi connectivity index (χ1n) is 10.4. The number of halogens is 2. The molecule has 3 rings (SSSR count). The molecule has 1 aliphatic rings. The molecule has 1 atom stereocenters. The summed E-state index contributed by atoms with van der Waals surface area (Å²) in [6, 6.07) is 11.2. The second-order valence-corrected chi connectivity index (χ2v) is 8.45. The van der Waals surface area contributed by atoms with E-state index in [0.717, 1.165) is 0 Å². The molecule has 1 aliphatic heterocycles. The number of hydrogen-bond acceptors (Lipinski definition) is 5. The Labute approximate surface area is 197 Å². The number of hydrogen-bond donors (Lipinski definition) is 3. The molecule has 1 saturated heterocycles. The van der Waals surface area contributed by atoms with Crippen LogP contribution in [0, 0.1) is 0 Å². The Hall–Kier alpha value is -2.32. The number of amides is 1. The highest BCUT2D eigenvalue weighted by molar-refractivity contribution is 6.42. The predicted octanol–water partition coefficient (Wildman–Crippen LogP) is 4.09. The SMILES string of the molecule is C[C@H](NC(=O)C1(NCCOc2ccc(Cl)c(Cl)c2)CCOCC1)c1ccccc1C(=O)O. The van der Waals surface area contributed by atoms with Crippen LogP contribution in [0.1, 0.15) is 41.7 Å². The van der Waals surface area contributed by atoms with E-state index in [-0.39, 0.29) is 11.5 Å². The Bertz CT molecular complexity index is 963. The third-order valence-electron chi connectivity index (χ3n) is 5.51. The normalized spacial score (nSPS) is 16.2. The minimum atomic E-state index is -1.03. The van der Waals surface area contributed by atoms with Crippen LogP contribution in [-0.2, 0) is 9.53 Å². The largest absolute Gasteiger partial charge is 0.492 e. The first kappa shape index (κ1) is 24.3. The van der Waals surface area contributed by atoms with Gasteiger partial charge >= 0.3 is 5.97 Å². The molecule has 2 aromatic carbocycles. The third-order valence-corrected chi connectivity index (χ3v) is 6.25. The zero-order valence-electron chi connectivity index (χ0n) is 17.7. The molecule has 0 radical (unpaired) electrons. The molecule has 2 aromatic rings. The first-order chi connectivity index (χ1) is 15.3. The smallest absolute Gasteiger partial charge is 0.336 e. The van der Waals surface area contributed by atoms with E-state index in [9.17, 15) is 14.7 Å². The molecule has 7 nitrogen and oxygen atoms in total. The van der Waals surface area contributed by atoms with Gasteiger partial charge in [-0.15, -0.1) is 0 Å². The molecule has 0 saturated carbocycles. The van der Waals surface area contributed by atoms with Crippen molar-refractivity contribution in [3.63, 3.8) is 0 Å². The molecule has 1 heterocycles. The molecule has 1 fully saturated rings. The number of ether oxygens (including phenoxy) is 2. The van der Waals surface area contributed by atoms with Crippen molar-refractivity contribution >= 4 is 35.1 Å². The fraction of sp³-hybridized carbons (Fsp3) is 0.391. The number of benzene rings is 2. The molecule has 172 valence electrons.